The van der Waals surface area contributed by atoms with Crippen molar-refractivity contribution in [2.45, 2.75) is 6.61 Å². The number of hydrogen-bond acceptors (Lipinski definition) is 4. The number of carbonyl (C=O) groups is 1. The Morgan fingerprint density at radius 3 is 2.68 bits per heavy atom. The minimum absolute atomic E-state index is 0.0926. The van der Waals surface area contributed by atoms with Gasteiger partial charge in [-0.05, 0) is 24.3 Å². The number of hydrogen-bond donors (Lipinski definition) is 1. The number of rotatable bonds is 5. The van der Waals surface area contributed by atoms with Crippen molar-refractivity contribution in [1.82, 2.24) is 0 Å². The van der Waals surface area contributed by atoms with E-state index in [1.807, 2.05) is 0 Å². The highest BCUT2D eigenvalue weighted by molar-refractivity contribution is 6.00. The third-order valence-corrected chi connectivity index (χ3v) is 2.12. The Balaban J connectivity index is 3.29. The van der Waals surface area contributed by atoms with Crippen molar-refractivity contribution in [3.05, 3.63) is 29.3 Å². The molecule has 0 spiro atoms. The van der Waals surface area contributed by atoms with Crippen LogP contribution in [0, 0.1) is 11.3 Å². The van der Waals surface area contributed by atoms with E-state index in [2.05, 4.69) is 4.74 Å². The van der Waals surface area contributed by atoms with Crippen LogP contribution in [0.2, 0.25) is 0 Å². The van der Waals surface area contributed by atoms with Crippen molar-refractivity contribution < 1.29 is 23.0 Å². The van der Waals surface area contributed by atoms with Gasteiger partial charge in [0.25, 0.3) is 5.91 Å². The molecule has 19 heavy (non-hydrogen) atoms. The van der Waals surface area contributed by atoms with Gasteiger partial charge in [0, 0.05) is 5.56 Å². The lowest BCUT2D eigenvalue weighted by Gasteiger charge is -2.09. The van der Waals surface area contributed by atoms with Gasteiger partial charge in [0.05, 0.1) is 7.11 Å². The second-order valence-corrected chi connectivity index (χ2v) is 3.32. The van der Waals surface area contributed by atoms with Crippen molar-refractivity contribution in [2.24, 2.45) is 5.73 Å². The average Bonchev–Trinajstić information content (AvgIpc) is 2.36. The Bertz CT molecular complexity index is 550. The second-order valence-electron chi connectivity index (χ2n) is 3.32. The molecule has 100 valence electrons. The molecule has 0 atom stereocenters. The Hall–Kier alpha value is -2.62. The van der Waals surface area contributed by atoms with Crippen LogP contribution in [0.3, 0.4) is 0 Å². The van der Waals surface area contributed by atoms with E-state index in [9.17, 15) is 13.6 Å². The van der Waals surface area contributed by atoms with Gasteiger partial charge in [0.15, 0.2) is 0 Å². The topological polar surface area (TPSA) is 85.3 Å². The first-order valence-corrected chi connectivity index (χ1v) is 5.02. The van der Waals surface area contributed by atoms with Crippen LogP contribution in [0.15, 0.2) is 23.8 Å². The summed E-state index contributed by atoms with van der Waals surface area (Å²) in [4.78, 5) is 10.9. The van der Waals surface area contributed by atoms with Crippen molar-refractivity contribution in [3.8, 4) is 17.6 Å². The maximum Gasteiger partial charge on any atom is 0.387 e. The van der Waals surface area contributed by atoms with Crippen LogP contribution in [0.1, 0.15) is 5.56 Å². The predicted molar refractivity (Wildman–Crippen MR) is 62.4 cm³/mol. The number of nitrogens with two attached hydrogens (primary N) is 1. The van der Waals surface area contributed by atoms with Gasteiger partial charge >= 0.3 is 6.61 Å². The van der Waals surface area contributed by atoms with Crippen LogP contribution >= 0.6 is 0 Å². The van der Waals surface area contributed by atoms with Gasteiger partial charge in [0.2, 0.25) is 0 Å². The largest absolute Gasteiger partial charge is 0.497 e. The van der Waals surface area contributed by atoms with Crippen molar-refractivity contribution in [2.75, 3.05) is 7.11 Å². The molecule has 0 unspecified atom stereocenters. The minimum atomic E-state index is -3.03. The number of methoxy groups -OCH3 is 1. The maximum atomic E-state index is 12.2. The minimum Gasteiger partial charge on any atom is -0.497 e. The van der Waals surface area contributed by atoms with E-state index in [1.165, 1.54) is 25.3 Å². The number of carbonyl (C=O) groups excluding carboxylic acids is 1. The zero-order valence-electron chi connectivity index (χ0n) is 9.89. The summed E-state index contributed by atoms with van der Waals surface area (Å²) in [7, 11) is 1.38. The highest BCUT2D eigenvalue weighted by Crippen LogP contribution is 2.27. The fraction of sp³-hybridized carbons (Fsp3) is 0.167. The third-order valence-electron chi connectivity index (χ3n) is 2.12. The zero-order chi connectivity index (χ0) is 14.4. The lowest BCUT2D eigenvalue weighted by molar-refractivity contribution is -0.114. The summed E-state index contributed by atoms with van der Waals surface area (Å²) >= 11 is 0. The number of alkyl halides is 2. The fourth-order valence-electron chi connectivity index (χ4n) is 1.28. The van der Waals surface area contributed by atoms with Gasteiger partial charge in [-0.3, -0.25) is 4.79 Å². The molecule has 1 aromatic carbocycles. The molecule has 0 radical (unpaired) electrons. The van der Waals surface area contributed by atoms with E-state index >= 15 is 0 Å². The molecule has 0 bridgehead atoms. The van der Waals surface area contributed by atoms with Gasteiger partial charge < -0.3 is 15.2 Å². The molecule has 0 aliphatic carbocycles. The number of primary amides is 1. The van der Waals surface area contributed by atoms with Crippen LogP contribution in [0.25, 0.3) is 6.08 Å². The Labute approximate surface area is 107 Å². The molecule has 0 saturated carbocycles. The highest BCUT2D eigenvalue weighted by atomic mass is 19.3. The molecule has 5 nitrogen and oxygen atoms in total. The lowest BCUT2D eigenvalue weighted by atomic mass is 10.1. The average molecular weight is 268 g/mol. The van der Waals surface area contributed by atoms with Crippen LogP contribution in [0.4, 0.5) is 8.78 Å². The monoisotopic (exact) mass is 268 g/mol. The van der Waals surface area contributed by atoms with Crippen LogP contribution < -0.4 is 15.2 Å². The van der Waals surface area contributed by atoms with Gasteiger partial charge in [-0.2, -0.15) is 14.0 Å². The molecule has 0 fully saturated rings. The van der Waals surface area contributed by atoms with Crippen LogP contribution in [0.5, 0.6) is 11.5 Å². The molecule has 2 N–H and O–H groups in total. The molecule has 7 heteroatoms. The van der Waals surface area contributed by atoms with Gasteiger partial charge in [0.1, 0.15) is 23.1 Å². The van der Waals surface area contributed by atoms with Crippen molar-refractivity contribution in [3.63, 3.8) is 0 Å². The van der Waals surface area contributed by atoms with Gasteiger partial charge in [-0.1, -0.05) is 0 Å². The maximum absolute atomic E-state index is 12.2. The molecule has 0 saturated heterocycles. The quantitative estimate of drug-likeness (QED) is 0.650. The van der Waals surface area contributed by atoms with E-state index in [1.54, 1.807) is 6.07 Å². The predicted octanol–water partition coefficient (Wildman–Crippen LogP) is 1.69. The summed E-state index contributed by atoms with van der Waals surface area (Å²) in [6.45, 7) is -3.03. The number of ether oxygens (including phenoxy) is 2. The molecule has 0 heterocycles. The van der Waals surface area contributed by atoms with Crippen molar-refractivity contribution >= 4 is 12.0 Å². The smallest absolute Gasteiger partial charge is 0.387 e. The Morgan fingerprint density at radius 1 is 1.53 bits per heavy atom. The molecular formula is C12H10F2N2O3. The molecule has 1 aromatic rings. The van der Waals surface area contributed by atoms with E-state index in [0.29, 0.717) is 5.75 Å². The van der Waals surface area contributed by atoms with E-state index in [0.717, 1.165) is 6.08 Å². The molecular weight excluding hydrogens is 258 g/mol. The van der Waals surface area contributed by atoms with Crippen LogP contribution in [-0.4, -0.2) is 19.6 Å². The first-order valence-electron chi connectivity index (χ1n) is 5.02. The highest BCUT2D eigenvalue weighted by Gasteiger charge is 2.12. The van der Waals surface area contributed by atoms with Gasteiger partial charge in [-0.15, -0.1) is 0 Å². The zero-order valence-corrected chi connectivity index (χ0v) is 9.89. The summed E-state index contributed by atoms with van der Waals surface area (Å²) in [6, 6.07) is 5.57. The summed E-state index contributed by atoms with van der Waals surface area (Å²) < 4.78 is 33.7. The first kappa shape index (κ1) is 14.4. The summed E-state index contributed by atoms with van der Waals surface area (Å²) in [6.07, 6.45) is 1.06. The second kappa shape index (κ2) is 6.35. The summed E-state index contributed by atoms with van der Waals surface area (Å²) in [5.74, 6) is -0.798. The number of nitrogens with zero attached hydrogens (tertiary/aromatic N) is 1. The molecule has 0 aromatic heterocycles. The molecule has 1 amide bonds. The van der Waals surface area contributed by atoms with Gasteiger partial charge in [-0.25, -0.2) is 0 Å². The lowest BCUT2D eigenvalue weighted by Crippen LogP contribution is -2.12. The SMILES string of the molecule is COc1ccc(OC(F)F)c(C=C(C#N)C(N)=O)c1. The number of halogens is 2. The summed E-state index contributed by atoms with van der Waals surface area (Å²) in [5.41, 5.74) is 4.68. The van der Waals surface area contributed by atoms with Crippen molar-refractivity contribution in [1.29, 1.82) is 5.26 Å². The Kier molecular flexibility index (Phi) is 4.83. The molecule has 0 aliphatic rings. The standard InChI is InChI=1S/C12H10F2N2O3/c1-18-9-2-3-10(19-12(13)14)7(5-9)4-8(6-15)11(16)17/h2-5,12H,1H3,(H2,16,17). The van der Waals surface area contributed by atoms with Crippen LogP contribution in [-0.2, 0) is 4.79 Å². The van der Waals surface area contributed by atoms with E-state index < -0.39 is 12.5 Å². The fourth-order valence-corrected chi connectivity index (χ4v) is 1.28. The molecule has 0 aliphatic heterocycles. The first-order chi connectivity index (χ1) is 8.97. The third kappa shape index (κ3) is 3.96. The van der Waals surface area contributed by atoms with E-state index in [4.69, 9.17) is 15.7 Å². The number of amides is 1. The number of benzene rings is 1. The number of nitriles is 1. The summed E-state index contributed by atoms with van der Waals surface area (Å²) in [5, 5.41) is 8.72. The Morgan fingerprint density at radius 2 is 2.21 bits per heavy atom. The normalized spacial score (nSPS) is 11.0. The van der Waals surface area contributed by atoms with E-state index in [-0.39, 0.29) is 16.9 Å². The molecule has 1 rings (SSSR count).